The van der Waals surface area contributed by atoms with Crippen LogP contribution in [0.25, 0.3) is 0 Å². The van der Waals surface area contributed by atoms with Crippen LogP contribution >= 0.6 is 23.0 Å². The van der Waals surface area contributed by atoms with Gasteiger partial charge < -0.3 is 37.8 Å². The number of rotatable bonds is 7. The Morgan fingerprint density at radius 2 is 1.52 bits per heavy atom. The number of nitrogens with one attached hydrogen (secondary N) is 1. The van der Waals surface area contributed by atoms with Gasteiger partial charge in [-0.1, -0.05) is 30.3 Å². The number of aryl methyl sites for hydroxylation is 2. The lowest BCUT2D eigenvalue weighted by molar-refractivity contribution is -0.142. The fourth-order valence-corrected chi connectivity index (χ4v) is 8.34. The zero-order valence-electron chi connectivity index (χ0n) is 28.0. The molecular weight excluding hydrogens is 725 g/mol. The van der Waals surface area contributed by atoms with Gasteiger partial charge in [-0.3, -0.25) is 4.79 Å². The molecule has 2 N–H and O–H groups in total. The lowest BCUT2D eigenvalue weighted by Gasteiger charge is -2.42. The van der Waals surface area contributed by atoms with Gasteiger partial charge in [-0.15, -0.1) is 0 Å². The minimum Gasteiger partial charge on any atom is -0.507 e. The van der Waals surface area contributed by atoms with Crippen molar-refractivity contribution in [1.82, 2.24) is 19.6 Å². The number of fused-ring (bicyclic) bond motifs is 1. The molecule has 4 aliphatic rings. The van der Waals surface area contributed by atoms with E-state index in [1.807, 2.05) is 83.1 Å². The molecule has 1 atom stereocenters. The van der Waals surface area contributed by atoms with E-state index in [-0.39, 0.29) is 30.2 Å². The third-order valence-electron chi connectivity index (χ3n) is 10.7. The topological polar surface area (TPSA) is 115 Å². The number of phenols is 1. The average Bonchev–Trinajstić information content (AvgIpc) is 3.28. The smallest absolute Gasteiger partial charge is 0.410 e. The molecule has 6 rings (SSSR count). The Morgan fingerprint density at radius 1 is 0.896 bits per heavy atom. The molecule has 0 aliphatic carbocycles. The minimum atomic E-state index is -0.971. The minimum absolute atomic E-state index is 0.0184. The van der Waals surface area contributed by atoms with E-state index >= 15 is 0 Å². The summed E-state index contributed by atoms with van der Waals surface area (Å²) in [6.07, 6.45) is 4.99. The van der Waals surface area contributed by atoms with Crippen molar-refractivity contribution in [3.8, 4) is 5.75 Å². The summed E-state index contributed by atoms with van der Waals surface area (Å²) in [5, 5.41) is 13.4. The number of ether oxygens (including phenoxy) is 1. The van der Waals surface area contributed by atoms with Crippen LogP contribution in [0.4, 0.5) is 15.3 Å². The second-order valence-corrected chi connectivity index (χ2v) is 14.3. The van der Waals surface area contributed by atoms with E-state index in [1.54, 1.807) is 4.90 Å². The number of carbonyl (C=O) groups is 3. The van der Waals surface area contributed by atoms with Crippen LogP contribution in [0.15, 0.2) is 36.4 Å². The van der Waals surface area contributed by atoms with Gasteiger partial charge in [-0.2, -0.15) is 0 Å². The van der Waals surface area contributed by atoms with Crippen LogP contribution in [0.3, 0.4) is 0 Å². The first-order chi connectivity index (χ1) is 23.2. The zero-order chi connectivity index (χ0) is 33.8. The molecule has 11 nitrogen and oxygen atoms in total. The first-order valence-corrected chi connectivity index (χ1v) is 18.3. The van der Waals surface area contributed by atoms with E-state index in [2.05, 4.69) is 10.2 Å². The van der Waals surface area contributed by atoms with Crippen molar-refractivity contribution in [2.24, 2.45) is 0 Å². The molecule has 2 aromatic rings. The maximum atomic E-state index is 14.0. The molecule has 0 aromatic heterocycles. The number of aromatic hydroxyl groups is 1. The predicted octanol–water partition coefficient (Wildman–Crippen LogP) is 5.43. The van der Waals surface area contributed by atoms with Crippen LogP contribution < -0.4 is 5.32 Å². The van der Waals surface area contributed by atoms with Crippen molar-refractivity contribution in [2.45, 2.75) is 89.5 Å². The van der Waals surface area contributed by atoms with Crippen LogP contribution in [0, 0.1) is 13.8 Å². The number of urea groups is 1. The maximum absolute atomic E-state index is 14.0. The highest BCUT2D eigenvalue weighted by atomic mass is 127. The number of nitrogens with zero attached hydrogens (tertiary/aromatic N) is 4. The van der Waals surface area contributed by atoms with Gasteiger partial charge in [-0.25, -0.2) is 9.59 Å². The molecule has 3 fully saturated rings. The van der Waals surface area contributed by atoms with Gasteiger partial charge in [0.1, 0.15) is 28.8 Å². The van der Waals surface area contributed by atoms with E-state index < -0.39 is 12.2 Å². The molecule has 4 amide bonds. The van der Waals surface area contributed by atoms with Crippen LogP contribution in [-0.2, 0) is 25.4 Å². The number of piperidine rings is 3. The summed E-state index contributed by atoms with van der Waals surface area (Å²) in [4.78, 5) is 48.7. The quantitative estimate of drug-likeness (QED) is 0.361. The summed E-state index contributed by atoms with van der Waals surface area (Å²) in [5.41, 5.74) is 4.28. The molecule has 0 saturated carbocycles. The summed E-state index contributed by atoms with van der Waals surface area (Å²) in [5.74, 6) is 0.0671. The van der Waals surface area contributed by atoms with Crippen molar-refractivity contribution >= 4 is 46.7 Å². The number of amides is 4. The Labute approximate surface area is 297 Å². The lowest BCUT2D eigenvalue weighted by Crippen LogP contribution is -2.53. The second kappa shape index (κ2) is 15.6. The summed E-state index contributed by atoms with van der Waals surface area (Å²) < 4.78 is 11.6. The number of para-hydroxylation sites is 1. The van der Waals surface area contributed by atoms with Gasteiger partial charge in [0.15, 0.2) is 6.10 Å². The lowest BCUT2D eigenvalue weighted by atomic mass is 9.97. The van der Waals surface area contributed by atoms with Crippen molar-refractivity contribution in [2.75, 3.05) is 51.1 Å². The zero-order valence-corrected chi connectivity index (χ0v) is 30.2. The maximum Gasteiger partial charge on any atom is 0.410 e. The number of halogens is 1. The van der Waals surface area contributed by atoms with Crippen LogP contribution in [0.5, 0.6) is 5.75 Å². The van der Waals surface area contributed by atoms with Crippen molar-refractivity contribution in [3.05, 3.63) is 58.7 Å². The molecule has 0 radical (unpaired) electrons. The van der Waals surface area contributed by atoms with E-state index in [4.69, 9.17) is 7.80 Å². The highest BCUT2D eigenvalue weighted by Crippen LogP contribution is 2.28. The number of phenolic OH excluding ortho intramolecular Hbond substituents is 1. The van der Waals surface area contributed by atoms with Gasteiger partial charge in [0.25, 0.3) is 5.91 Å². The first-order valence-electron chi connectivity index (χ1n) is 17.4. The van der Waals surface area contributed by atoms with Crippen LogP contribution in [-0.4, -0.2) is 113 Å². The summed E-state index contributed by atoms with van der Waals surface area (Å²) in [6, 6.07) is 12.0. The average molecular weight is 774 g/mol. The number of hydrogen-bond acceptors (Lipinski definition) is 7. The third kappa shape index (κ3) is 8.02. The molecule has 260 valence electrons. The number of carbonyl (C=O) groups excluding carboxylic acids is 3. The fourth-order valence-electron chi connectivity index (χ4n) is 7.84. The van der Waals surface area contributed by atoms with Crippen LogP contribution in [0.2, 0.25) is 0 Å². The molecule has 0 bridgehead atoms. The summed E-state index contributed by atoms with van der Waals surface area (Å²) >= 11 is 2.00. The highest BCUT2D eigenvalue weighted by molar-refractivity contribution is 14.1. The van der Waals surface area contributed by atoms with Crippen molar-refractivity contribution < 1.29 is 27.3 Å². The predicted molar refractivity (Wildman–Crippen MR) is 191 cm³/mol. The number of anilines is 1. The van der Waals surface area contributed by atoms with Crippen LogP contribution in [0.1, 0.15) is 60.8 Å². The third-order valence-corrected chi connectivity index (χ3v) is 11.4. The Hall–Kier alpha value is -3.10. The standard InChI is InChI=1S/C36H48IN5O6/c1-24-21-26(22-25(2)33(24)43)23-32(34(44)40-14-8-28(9-15-40)39-18-12-30(48-37)13-19-39)47-36(46)41-16-10-29(11-17-41)42-20-7-27-5-3-4-6-31(27)38-35(42)45/h3-6,21-22,28-30,32,43H,7-20,23H2,1-2H3,(H,38,45)/t32-/m1/s1. The van der Waals surface area contributed by atoms with Crippen molar-refractivity contribution in [1.29, 1.82) is 0 Å². The monoisotopic (exact) mass is 773 g/mol. The molecule has 4 heterocycles. The molecule has 0 spiro atoms. The highest BCUT2D eigenvalue weighted by Gasteiger charge is 2.36. The Bertz CT molecular complexity index is 1440. The number of benzene rings is 2. The van der Waals surface area contributed by atoms with Gasteiger partial charge >= 0.3 is 12.1 Å². The van der Waals surface area contributed by atoms with E-state index in [9.17, 15) is 19.5 Å². The normalized spacial score (nSPS) is 21.0. The van der Waals surface area contributed by atoms with E-state index in [0.29, 0.717) is 57.7 Å². The second-order valence-electron chi connectivity index (χ2n) is 13.8. The molecule has 0 unspecified atom stereocenters. The largest absolute Gasteiger partial charge is 0.507 e. The van der Waals surface area contributed by atoms with Gasteiger partial charge in [0.05, 0.1) is 6.10 Å². The fraction of sp³-hybridized carbons (Fsp3) is 0.583. The molecule has 3 saturated heterocycles. The van der Waals surface area contributed by atoms with Gasteiger partial charge in [0, 0.05) is 70.0 Å². The van der Waals surface area contributed by atoms with Gasteiger partial charge in [0.2, 0.25) is 0 Å². The Morgan fingerprint density at radius 3 is 2.19 bits per heavy atom. The Balaban J connectivity index is 1.07. The molecule has 12 heteroatoms. The van der Waals surface area contributed by atoms with E-state index in [1.165, 1.54) is 0 Å². The SMILES string of the molecule is Cc1cc(C[C@@H](OC(=O)N2CCC(N3CCc4ccccc4NC3=O)CC2)C(=O)N2CCC(N3CCC(OI)CC3)CC2)cc(C)c1O. The number of likely N-dealkylation sites (tertiary alicyclic amines) is 3. The molecule has 48 heavy (non-hydrogen) atoms. The molecule has 2 aromatic carbocycles. The summed E-state index contributed by atoms with van der Waals surface area (Å²) in [7, 11) is 0. The van der Waals surface area contributed by atoms with Gasteiger partial charge in [-0.05, 0) is 87.1 Å². The summed E-state index contributed by atoms with van der Waals surface area (Å²) in [6.45, 7) is 8.47. The Kier molecular flexibility index (Phi) is 11.3. The molecule has 4 aliphatic heterocycles. The van der Waals surface area contributed by atoms with E-state index in [0.717, 1.165) is 73.1 Å². The number of hydrogen-bond donors (Lipinski definition) is 2. The molecular formula is C36H48IN5O6. The first kappa shape index (κ1) is 34.8. The van der Waals surface area contributed by atoms with Crippen molar-refractivity contribution in [3.63, 3.8) is 0 Å².